The van der Waals surface area contributed by atoms with Crippen molar-refractivity contribution in [1.82, 2.24) is 0 Å². The van der Waals surface area contributed by atoms with Gasteiger partial charge in [0.05, 0.1) is 4.90 Å². The molecule has 0 saturated heterocycles. The van der Waals surface area contributed by atoms with Crippen LogP contribution in [0.25, 0.3) is 0 Å². The highest BCUT2D eigenvalue weighted by Gasteiger charge is 2.19. The van der Waals surface area contributed by atoms with E-state index in [0.29, 0.717) is 0 Å². The number of rotatable bonds is 4. The van der Waals surface area contributed by atoms with Gasteiger partial charge in [-0.2, -0.15) is 8.42 Å². The molecular formula is C13H14N3O3S+. The van der Waals surface area contributed by atoms with Crippen molar-refractivity contribution in [2.75, 3.05) is 4.83 Å². The van der Waals surface area contributed by atoms with Crippen molar-refractivity contribution in [2.45, 2.75) is 11.8 Å². The van der Waals surface area contributed by atoms with Crippen molar-refractivity contribution in [3.63, 3.8) is 0 Å². The van der Waals surface area contributed by atoms with E-state index in [1.165, 1.54) is 41.3 Å². The molecule has 20 heavy (non-hydrogen) atoms. The van der Waals surface area contributed by atoms with Gasteiger partial charge in [-0.05, 0) is 25.1 Å². The molecule has 1 amide bonds. The van der Waals surface area contributed by atoms with Crippen LogP contribution in [0.15, 0.2) is 53.7 Å². The number of primary amides is 1. The number of carbonyl (C=O) groups excluding carboxylic acids is 1. The van der Waals surface area contributed by atoms with Crippen LogP contribution in [0.2, 0.25) is 0 Å². The first-order chi connectivity index (χ1) is 9.38. The van der Waals surface area contributed by atoms with Crippen molar-refractivity contribution >= 4 is 15.9 Å². The minimum absolute atomic E-state index is 0.139. The summed E-state index contributed by atoms with van der Waals surface area (Å²) in [6.07, 6.45) is 2.78. The Morgan fingerprint density at radius 3 is 2.45 bits per heavy atom. The number of hydrogen-bond donors (Lipinski definition) is 2. The number of nitrogens with zero attached hydrogens (tertiary/aromatic N) is 1. The molecule has 1 aromatic heterocycles. The number of hydrogen-bond acceptors (Lipinski definition) is 3. The second-order valence-corrected chi connectivity index (χ2v) is 5.93. The first-order valence-electron chi connectivity index (χ1n) is 5.79. The minimum atomic E-state index is -3.71. The molecule has 104 valence electrons. The Labute approximate surface area is 116 Å². The highest BCUT2D eigenvalue weighted by Crippen LogP contribution is 2.09. The third kappa shape index (κ3) is 3.12. The molecular weight excluding hydrogens is 278 g/mol. The number of aromatic nitrogens is 1. The number of benzene rings is 1. The van der Waals surface area contributed by atoms with E-state index in [4.69, 9.17) is 5.73 Å². The van der Waals surface area contributed by atoms with Crippen molar-refractivity contribution in [3.05, 3.63) is 59.9 Å². The maximum Gasteiger partial charge on any atom is 0.306 e. The molecule has 0 fully saturated rings. The first kappa shape index (κ1) is 14.0. The largest absolute Gasteiger partial charge is 0.365 e. The van der Waals surface area contributed by atoms with Gasteiger partial charge in [-0.25, -0.2) is 0 Å². The molecule has 0 atom stereocenters. The van der Waals surface area contributed by atoms with Gasteiger partial charge in [0.25, 0.3) is 5.91 Å². The van der Waals surface area contributed by atoms with E-state index in [9.17, 15) is 13.2 Å². The highest BCUT2D eigenvalue weighted by atomic mass is 32.2. The van der Waals surface area contributed by atoms with E-state index < -0.39 is 15.9 Å². The molecule has 0 unspecified atom stereocenters. The zero-order valence-electron chi connectivity index (χ0n) is 10.8. The van der Waals surface area contributed by atoms with Gasteiger partial charge in [-0.3, -0.25) is 4.79 Å². The Kier molecular flexibility index (Phi) is 3.71. The van der Waals surface area contributed by atoms with Crippen molar-refractivity contribution < 1.29 is 17.9 Å². The van der Waals surface area contributed by atoms with Gasteiger partial charge in [0.2, 0.25) is 12.4 Å². The summed E-state index contributed by atoms with van der Waals surface area (Å²) >= 11 is 0. The molecule has 1 heterocycles. The van der Waals surface area contributed by atoms with E-state index in [-0.39, 0.29) is 10.5 Å². The Morgan fingerprint density at radius 1 is 1.20 bits per heavy atom. The van der Waals surface area contributed by atoms with Crippen LogP contribution >= 0.6 is 0 Å². The number of nitrogens with two attached hydrogens (primary N) is 1. The number of amides is 1. The average Bonchev–Trinajstić information content (AvgIpc) is 2.39. The third-order valence-electron chi connectivity index (χ3n) is 2.64. The van der Waals surface area contributed by atoms with Crippen LogP contribution in [0.4, 0.5) is 0 Å². The fourth-order valence-electron chi connectivity index (χ4n) is 1.59. The Bertz CT molecular complexity index is 740. The molecule has 0 saturated carbocycles. The lowest BCUT2D eigenvalue weighted by Gasteiger charge is -2.04. The SMILES string of the molecule is Cc1ccc(S(=O)(=O)N[n+]2cccc(C(N)=O)c2)cc1. The standard InChI is InChI=1S/C13H13N3O3S/c1-10-4-6-12(7-5-10)20(18,19)15-16-8-2-3-11(9-16)13(14)17/h2-9,15H,1H3,(H-,14,17)/p+1. The van der Waals surface area contributed by atoms with E-state index >= 15 is 0 Å². The van der Waals surface area contributed by atoms with Crippen LogP contribution in [0.3, 0.4) is 0 Å². The summed E-state index contributed by atoms with van der Waals surface area (Å²) in [5.74, 6) is -0.631. The zero-order chi connectivity index (χ0) is 14.8. The smallest absolute Gasteiger partial charge is 0.306 e. The summed E-state index contributed by atoms with van der Waals surface area (Å²) in [5.41, 5.74) is 6.32. The normalized spacial score (nSPS) is 11.1. The van der Waals surface area contributed by atoms with Crippen molar-refractivity contribution in [2.24, 2.45) is 5.73 Å². The lowest BCUT2D eigenvalue weighted by molar-refractivity contribution is -0.636. The second kappa shape index (κ2) is 5.30. The second-order valence-electron chi connectivity index (χ2n) is 4.27. The predicted molar refractivity (Wildman–Crippen MR) is 72.9 cm³/mol. The van der Waals surface area contributed by atoms with E-state index in [0.717, 1.165) is 5.56 Å². The molecule has 1 aromatic carbocycles. The van der Waals surface area contributed by atoms with Gasteiger partial charge in [0.15, 0.2) is 0 Å². The summed E-state index contributed by atoms with van der Waals surface area (Å²) in [6.45, 7) is 1.87. The van der Waals surface area contributed by atoms with E-state index in [1.54, 1.807) is 12.1 Å². The number of carbonyl (C=O) groups is 1. The molecule has 0 bridgehead atoms. The van der Waals surface area contributed by atoms with Gasteiger partial charge < -0.3 is 5.73 Å². The first-order valence-corrected chi connectivity index (χ1v) is 7.27. The Hall–Kier alpha value is -2.41. The molecule has 6 nitrogen and oxygen atoms in total. The van der Waals surface area contributed by atoms with Gasteiger partial charge in [-0.1, -0.05) is 27.2 Å². The van der Waals surface area contributed by atoms with Crippen LogP contribution in [0, 0.1) is 6.92 Å². The summed E-state index contributed by atoms with van der Waals surface area (Å²) in [4.78, 5) is 13.5. The summed E-state index contributed by atoms with van der Waals surface area (Å²) in [6, 6.07) is 9.46. The zero-order valence-corrected chi connectivity index (χ0v) is 11.6. The van der Waals surface area contributed by atoms with Crippen molar-refractivity contribution in [3.8, 4) is 0 Å². The number of sulfonamides is 1. The average molecular weight is 292 g/mol. The Balaban J connectivity index is 2.31. The predicted octanol–water partition coefficient (Wildman–Crippen LogP) is 0.314. The van der Waals surface area contributed by atoms with Crippen molar-refractivity contribution in [1.29, 1.82) is 0 Å². The lowest BCUT2D eigenvalue weighted by Crippen LogP contribution is -2.48. The molecule has 0 spiro atoms. The quantitative estimate of drug-likeness (QED) is 0.794. The molecule has 7 heteroatoms. The van der Waals surface area contributed by atoms with E-state index in [1.807, 2.05) is 6.92 Å². The molecule has 0 radical (unpaired) electrons. The number of aryl methyl sites for hydroxylation is 1. The molecule has 3 N–H and O–H groups in total. The topological polar surface area (TPSA) is 93.1 Å². The fraction of sp³-hybridized carbons (Fsp3) is 0.0769. The van der Waals surface area contributed by atoms with E-state index in [2.05, 4.69) is 4.83 Å². The maximum atomic E-state index is 12.1. The lowest BCUT2D eigenvalue weighted by atomic mass is 10.2. The molecule has 0 aliphatic heterocycles. The van der Waals surface area contributed by atoms with Crippen LogP contribution in [0.5, 0.6) is 0 Å². The number of nitrogens with one attached hydrogen (secondary N) is 1. The van der Waals surface area contributed by atoms with Crippen LogP contribution in [-0.4, -0.2) is 14.3 Å². The molecule has 2 rings (SSSR count). The maximum absolute atomic E-state index is 12.1. The monoisotopic (exact) mass is 292 g/mol. The molecule has 2 aromatic rings. The third-order valence-corrected chi connectivity index (χ3v) is 3.99. The Morgan fingerprint density at radius 2 is 1.85 bits per heavy atom. The van der Waals surface area contributed by atoms with Gasteiger partial charge in [0, 0.05) is 6.07 Å². The summed E-state index contributed by atoms with van der Waals surface area (Å²) in [7, 11) is -3.71. The van der Waals surface area contributed by atoms with Crippen LogP contribution < -0.4 is 15.2 Å². The molecule has 0 aliphatic carbocycles. The van der Waals surface area contributed by atoms with Crippen LogP contribution in [-0.2, 0) is 10.0 Å². The fourth-order valence-corrected chi connectivity index (χ4v) is 2.58. The van der Waals surface area contributed by atoms with Gasteiger partial charge in [-0.15, -0.1) is 0 Å². The summed E-state index contributed by atoms with van der Waals surface area (Å²) < 4.78 is 25.5. The highest BCUT2D eigenvalue weighted by molar-refractivity contribution is 7.92. The van der Waals surface area contributed by atoms with Gasteiger partial charge >= 0.3 is 10.0 Å². The van der Waals surface area contributed by atoms with Gasteiger partial charge in [0.1, 0.15) is 5.56 Å². The summed E-state index contributed by atoms with van der Waals surface area (Å²) in [5, 5.41) is 0. The van der Waals surface area contributed by atoms with Crippen LogP contribution in [0.1, 0.15) is 15.9 Å². The minimum Gasteiger partial charge on any atom is -0.365 e. The number of pyridine rings is 1. The molecule has 0 aliphatic rings.